The summed E-state index contributed by atoms with van der Waals surface area (Å²) in [6, 6.07) is 12.6. The molecule has 0 bridgehead atoms. The molecule has 1 aromatic heterocycles. The van der Waals surface area contributed by atoms with E-state index in [-0.39, 0.29) is 6.04 Å². The summed E-state index contributed by atoms with van der Waals surface area (Å²) in [4.78, 5) is 0. The maximum absolute atomic E-state index is 6.21. The van der Waals surface area contributed by atoms with Gasteiger partial charge < -0.3 is 10.2 Å². The minimum atomic E-state index is 0.0844. The Kier molecular flexibility index (Phi) is 5.11. The van der Waals surface area contributed by atoms with Gasteiger partial charge in [0.15, 0.2) is 0 Å². The Morgan fingerprint density at radius 1 is 1.11 bits per heavy atom. The predicted octanol–water partition coefficient (Wildman–Crippen LogP) is 4.34. The fourth-order valence-corrected chi connectivity index (χ4v) is 2.84. The van der Waals surface area contributed by atoms with Gasteiger partial charge in [0, 0.05) is 11.8 Å². The molecule has 0 amide bonds. The number of benzene rings is 1. The van der Waals surface area contributed by atoms with E-state index in [1.807, 2.05) is 12.1 Å². The standard InChI is InChI=1S/C16H21NOS/c1-12(2)13-5-7-14(8-6-13)16(17)11-19-10-15-4-3-9-18-15/h3-9,12,16H,10-11,17H2,1-2H3. The molecule has 19 heavy (non-hydrogen) atoms. The van der Waals surface area contributed by atoms with Crippen molar-refractivity contribution >= 4 is 11.8 Å². The Morgan fingerprint density at radius 3 is 2.37 bits per heavy atom. The lowest BCUT2D eigenvalue weighted by atomic mass is 10.00. The van der Waals surface area contributed by atoms with Crippen LogP contribution in [0.15, 0.2) is 47.1 Å². The first kappa shape index (κ1) is 14.2. The van der Waals surface area contributed by atoms with Crippen LogP contribution in [0.5, 0.6) is 0 Å². The second-order valence-electron chi connectivity index (χ2n) is 5.02. The van der Waals surface area contributed by atoms with Gasteiger partial charge >= 0.3 is 0 Å². The van der Waals surface area contributed by atoms with Crippen LogP contribution in [0.4, 0.5) is 0 Å². The van der Waals surface area contributed by atoms with E-state index in [2.05, 4.69) is 38.1 Å². The van der Waals surface area contributed by atoms with Crippen LogP contribution in [-0.2, 0) is 5.75 Å². The third-order valence-electron chi connectivity index (χ3n) is 3.15. The number of furan rings is 1. The Hall–Kier alpha value is -1.19. The molecule has 0 aliphatic heterocycles. The van der Waals surface area contributed by atoms with Crippen molar-refractivity contribution in [1.82, 2.24) is 0 Å². The van der Waals surface area contributed by atoms with Gasteiger partial charge in [0.05, 0.1) is 12.0 Å². The Balaban J connectivity index is 1.83. The average molecular weight is 275 g/mol. The monoisotopic (exact) mass is 275 g/mol. The molecular formula is C16H21NOS. The fourth-order valence-electron chi connectivity index (χ4n) is 1.91. The van der Waals surface area contributed by atoms with Crippen LogP contribution in [0, 0.1) is 0 Å². The molecule has 0 fully saturated rings. The molecule has 0 aliphatic rings. The summed E-state index contributed by atoms with van der Waals surface area (Å²) in [5, 5.41) is 0. The summed E-state index contributed by atoms with van der Waals surface area (Å²) in [7, 11) is 0. The van der Waals surface area contributed by atoms with Gasteiger partial charge in [-0.05, 0) is 29.2 Å². The quantitative estimate of drug-likeness (QED) is 0.852. The highest BCUT2D eigenvalue weighted by atomic mass is 32.2. The zero-order valence-electron chi connectivity index (χ0n) is 11.5. The van der Waals surface area contributed by atoms with Crippen molar-refractivity contribution in [3.63, 3.8) is 0 Å². The van der Waals surface area contributed by atoms with Crippen LogP contribution in [-0.4, -0.2) is 5.75 Å². The molecule has 3 heteroatoms. The second-order valence-corrected chi connectivity index (χ2v) is 6.05. The van der Waals surface area contributed by atoms with Crippen molar-refractivity contribution in [2.75, 3.05) is 5.75 Å². The molecule has 0 radical (unpaired) electrons. The maximum atomic E-state index is 6.21. The molecule has 2 aromatic rings. The van der Waals surface area contributed by atoms with Crippen molar-refractivity contribution < 1.29 is 4.42 Å². The average Bonchev–Trinajstić information content (AvgIpc) is 2.92. The second kappa shape index (κ2) is 6.83. The van der Waals surface area contributed by atoms with Gasteiger partial charge in [-0.25, -0.2) is 0 Å². The molecule has 2 rings (SSSR count). The summed E-state index contributed by atoms with van der Waals surface area (Å²) in [6.07, 6.45) is 1.71. The zero-order valence-corrected chi connectivity index (χ0v) is 12.3. The first-order valence-electron chi connectivity index (χ1n) is 6.62. The molecule has 0 spiro atoms. The number of nitrogens with two attached hydrogens (primary N) is 1. The lowest BCUT2D eigenvalue weighted by Crippen LogP contribution is -2.13. The third kappa shape index (κ3) is 4.15. The minimum absolute atomic E-state index is 0.0844. The third-order valence-corrected chi connectivity index (χ3v) is 4.24. The largest absolute Gasteiger partial charge is 0.468 e. The summed E-state index contributed by atoms with van der Waals surface area (Å²) in [5.41, 5.74) is 8.77. The number of rotatable bonds is 6. The van der Waals surface area contributed by atoms with Gasteiger partial charge in [-0.1, -0.05) is 38.1 Å². The summed E-state index contributed by atoms with van der Waals surface area (Å²) in [5.74, 6) is 3.36. The van der Waals surface area contributed by atoms with Crippen molar-refractivity contribution in [3.8, 4) is 0 Å². The molecule has 1 atom stereocenters. The highest BCUT2D eigenvalue weighted by molar-refractivity contribution is 7.98. The predicted molar refractivity (Wildman–Crippen MR) is 82.3 cm³/mol. The normalized spacial score (nSPS) is 12.8. The molecular weight excluding hydrogens is 254 g/mol. The van der Waals surface area contributed by atoms with Gasteiger partial charge in [0.25, 0.3) is 0 Å². The molecule has 1 unspecified atom stereocenters. The minimum Gasteiger partial charge on any atom is -0.468 e. The van der Waals surface area contributed by atoms with E-state index in [1.54, 1.807) is 18.0 Å². The van der Waals surface area contributed by atoms with Gasteiger partial charge in [0.1, 0.15) is 5.76 Å². The number of hydrogen-bond acceptors (Lipinski definition) is 3. The van der Waals surface area contributed by atoms with E-state index in [0.29, 0.717) is 5.92 Å². The van der Waals surface area contributed by atoms with E-state index in [1.165, 1.54) is 11.1 Å². The summed E-state index contributed by atoms with van der Waals surface area (Å²) < 4.78 is 5.30. The van der Waals surface area contributed by atoms with E-state index in [9.17, 15) is 0 Å². The molecule has 1 aromatic carbocycles. The van der Waals surface area contributed by atoms with Gasteiger partial charge in [0.2, 0.25) is 0 Å². The molecule has 0 saturated carbocycles. The van der Waals surface area contributed by atoms with E-state index >= 15 is 0 Å². The Morgan fingerprint density at radius 2 is 1.79 bits per heavy atom. The first-order valence-corrected chi connectivity index (χ1v) is 7.78. The summed E-state index contributed by atoms with van der Waals surface area (Å²) in [6.45, 7) is 4.41. The van der Waals surface area contributed by atoms with Gasteiger partial charge in [-0.2, -0.15) is 11.8 Å². The van der Waals surface area contributed by atoms with Crippen LogP contribution in [0.1, 0.15) is 42.7 Å². The van der Waals surface area contributed by atoms with Gasteiger partial charge in [-0.3, -0.25) is 0 Å². The number of hydrogen-bond donors (Lipinski definition) is 1. The van der Waals surface area contributed by atoms with Crippen LogP contribution >= 0.6 is 11.8 Å². The zero-order chi connectivity index (χ0) is 13.7. The molecule has 0 aliphatic carbocycles. The highest BCUT2D eigenvalue weighted by Crippen LogP contribution is 2.22. The lowest BCUT2D eigenvalue weighted by Gasteiger charge is -2.13. The maximum Gasteiger partial charge on any atom is 0.113 e. The van der Waals surface area contributed by atoms with E-state index in [0.717, 1.165) is 17.3 Å². The Labute approximate surface area is 119 Å². The summed E-state index contributed by atoms with van der Waals surface area (Å²) >= 11 is 1.81. The molecule has 102 valence electrons. The fraction of sp³-hybridized carbons (Fsp3) is 0.375. The van der Waals surface area contributed by atoms with Crippen LogP contribution in [0.3, 0.4) is 0 Å². The number of thioether (sulfide) groups is 1. The van der Waals surface area contributed by atoms with Crippen molar-refractivity contribution in [1.29, 1.82) is 0 Å². The molecule has 2 N–H and O–H groups in total. The van der Waals surface area contributed by atoms with Crippen LogP contribution in [0.25, 0.3) is 0 Å². The molecule has 2 nitrogen and oxygen atoms in total. The smallest absolute Gasteiger partial charge is 0.113 e. The molecule has 0 saturated heterocycles. The topological polar surface area (TPSA) is 39.2 Å². The molecule has 1 heterocycles. The van der Waals surface area contributed by atoms with Crippen molar-refractivity contribution in [3.05, 3.63) is 59.5 Å². The van der Waals surface area contributed by atoms with Crippen molar-refractivity contribution in [2.45, 2.75) is 31.6 Å². The van der Waals surface area contributed by atoms with Crippen LogP contribution in [0.2, 0.25) is 0 Å². The van der Waals surface area contributed by atoms with Crippen LogP contribution < -0.4 is 5.73 Å². The Bertz CT molecular complexity index is 476. The lowest BCUT2D eigenvalue weighted by molar-refractivity contribution is 0.530. The SMILES string of the molecule is CC(C)c1ccc(C(N)CSCc2ccco2)cc1. The van der Waals surface area contributed by atoms with Gasteiger partial charge in [-0.15, -0.1) is 0 Å². The van der Waals surface area contributed by atoms with E-state index in [4.69, 9.17) is 10.2 Å². The highest BCUT2D eigenvalue weighted by Gasteiger charge is 2.07. The van der Waals surface area contributed by atoms with Crippen molar-refractivity contribution in [2.24, 2.45) is 5.73 Å². The van der Waals surface area contributed by atoms with E-state index < -0.39 is 0 Å². The first-order chi connectivity index (χ1) is 9.16.